The first-order valence-electron chi connectivity index (χ1n) is 8.35. The number of carbonyl (C=O) groups is 1. The minimum atomic E-state index is -0.0829. The van der Waals surface area contributed by atoms with Gasteiger partial charge in [-0.05, 0) is 23.1 Å². The summed E-state index contributed by atoms with van der Waals surface area (Å²) in [6, 6.07) is 15.9. The lowest BCUT2D eigenvalue weighted by atomic mass is 9.83. The second kappa shape index (κ2) is 6.65. The quantitative estimate of drug-likeness (QED) is 0.652. The zero-order chi connectivity index (χ0) is 18.3. The number of amides is 1. The number of fused-ring (bicyclic) bond motifs is 3. The summed E-state index contributed by atoms with van der Waals surface area (Å²) in [5, 5.41) is 5.17. The molecule has 1 aliphatic heterocycles. The van der Waals surface area contributed by atoms with Crippen molar-refractivity contribution in [1.29, 1.82) is 0 Å². The van der Waals surface area contributed by atoms with Crippen LogP contribution >= 0.6 is 15.9 Å². The van der Waals surface area contributed by atoms with E-state index in [-0.39, 0.29) is 11.8 Å². The van der Waals surface area contributed by atoms with E-state index < -0.39 is 0 Å². The van der Waals surface area contributed by atoms with Gasteiger partial charge in [0.05, 0.1) is 19.9 Å². The normalized spacial score (nSPS) is 16.1. The Labute approximate surface area is 160 Å². The summed E-state index contributed by atoms with van der Waals surface area (Å²) in [4.78, 5) is 12.5. The maximum Gasteiger partial charge on any atom is 0.225 e. The third-order valence-corrected chi connectivity index (χ3v) is 5.53. The number of rotatable bonds is 3. The van der Waals surface area contributed by atoms with Gasteiger partial charge in [0, 0.05) is 33.8 Å². The number of nitrogens with one attached hydrogen (secondary N) is 1. The molecule has 0 radical (unpaired) electrons. The number of methoxy groups -OCH3 is 2. The van der Waals surface area contributed by atoms with Gasteiger partial charge in [-0.1, -0.05) is 46.3 Å². The molecule has 0 bridgehead atoms. The monoisotopic (exact) mass is 411 g/mol. The Balaban J connectivity index is 1.95. The maximum absolute atomic E-state index is 12.5. The lowest BCUT2D eigenvalue weighted by molar-refractivity contribution is -0.116. The lowest BCUT2D eigenvalue weighted by Crippen LogP contribution is -2.24. The van der Waals surface area contributed by atoms with E-state index in [1.807, 2.05) is 42.5 Å². The molecule has 3 aromatic rings. The Morgan fingerprint density at radius 2 is 1.77 bits per heavy atom. The van der Waals surface area contributed by atoms with Crippen molar-refractivity contribution in [2.24, 2.45) is 0 Å². The fourth-order valence-corrected chi connectivity index (χ4v) is 4.23. The van der Waals surface area contributed by atoms with Gasteiger partial charge in [-0.2, -0.15) is 0 Å². The highest BCUT2D eigenvalue weighted by molar-refractivity contribution is 9.10. The molecule has 1 heterocycles. The summed E-state index contributed by atoms with van der Waals surface area (Å²) in [6.07, 6.45) is 0.375. The highest BCUT2D eigenvalue weighted by Gasteiger charge is 2.30. The Bertz CT molecular complexity index is 1020. The third kappa shape index (κ3) is 2.72. The van der Waals surface area contributed by atoms with Gasteiger partial charge in [0.25, 0.3) is 0 Å². The van der Waals surface area contributed by atoms with Crippen molar-refractivity contribution < 1.29 is 14.3 Å². The lowest BCUT2D eigenvalue weighted by Gasteiger charge is -2.29. The van der Waals surface area contributed by atoms with Crippen LogP contribution in [0.5, 0.6) is 11.5 Å². The molecule has 3 aromatic carbocycles. The summed E-state index contributed by atoms with van der Waals surface area (Å²) in [5.41, 5.74) is 2.94. The fraction of sp³-hybridized carbons (Fsp3) is 0.190. The molecule has 26 heavy (non-hydrogen) atoms. The van der Waals surface area contributed by atoms with Gasteiger partial charge in [0.2, 0.25) is 5.91 Å². The molecule has 132 valence electrons. The number of ether oxygens (including phenoxy) is 2. The van der Waals surface area contributed by atoms with E-state index in [1.54, 1.807) is 14.2 Å². The number of halogens is 1. The van der Waals surface area contributed by atoms with E-state index >= 15 is 0 Å². The molecule has 0 fully saturated rings. The highest BCUT2D eigenvalue weighted by atomic mass is 79.9. The van der Waals surface area contributed by atoms with Crippen molar-refractivity contribution in [1.82, 2.24) is 0 Å². The number of benzene rings is 3. The van der Waals surface area contributed by atoms with Crippen molar-refractivity contribution in [3.8, 4) is 11.5 Å². The van der Waals surface area contributed by atoms with E-state index in [2.05, 4.69) is 27.3 Å². The number of hydrogen-bond acceptors (Lipinski definition) is 3. The van der Waals surface area contributed by atoms with E-state index in [0.29, 0.717) is 6.42 Å². The topological polar surface area (TPSA) is 47.6 Å². The summed E-state index contributed by atoms with van der Waals surface area (Å²) >= 11 is 3.69. The molecule has 0 aromatic heterocycles. The van der Waals surface area contributed by atoms with Crippen molar-refractivity contribution in [2.45, 2.75) is 12.3 Å². The van der Waals surface area contributed by atoms with Crippen LogP contribution in [0.4, 0.5) is 5.69 Å². The van der Waals surface area contributed by atoms with E-state index in [4.69, 9.17) is 9.47 Å². The Kier molecular flexibility index (Phi) is 4.32. The zero-order valence-corrected chi connectivity index (χ0v) is 16.1. The first-order chi connectivity index (χ1) is 12.6. The molecule has 0 saturated heterocycles. The van der Waals surface area contributed by atoms with Gasteiger partial charge >= 0.3 is 0 Å². The van der Waals surface area contributed by atoms with Crippen LogP contribution in [0, 0.1) is 0 Å². The van der Waals surface area contributed by atoms with Crippen LogP contribution in [0.3, 0.4) is 0 Å². The molecule has 0 aliphatic carbocycles. The molecule has 1 amide bonds. The molecule has 1 unspecified atom stereocenters. The Hall–Kier alpha value is -2.53. The van der Waals surface area contributed by atoms with Crippen LogP contribution in [0.25, 0.3) is 10.8 Å². The third-order valence-electron chi connectivity index (χ3n) is 4.87. The van der Waals surface area contributed by atoms with Crippen LogP contribution < -0.4 is 14.8 Å². The fourth-order valence-electron chi connectivity index (χ4n) is 3.64. The molecule has 4 nitrogen and oxygen atoms in total. The summed E-state index contributed by atoms with van der Waals surface area (Å²) in [5.74, 6) is 1.37. The number of anilines is 1. The van der Waals surface area contributed by atoms with Crippen LogP contribution in [0.1, 0.15) is 23.5 Å². The van der Waals surface area contributed by atoms with Crippen LogP contribution in [-0.4, -0.2) is 20.1 Å². The van der Waals surface area contributed by atoms with Crippen molar-refractivity contribution in [3.63, 3.8) is 0 Å². The molecular weight excluding hydrogens is 394 g/mol. The zero-order valence-electron chi connectivity index (χ0n) is 14.5. The predicted octanol–water partition coefficient (Wildman–Crippen LogP) is 5.09. The Morgan fingerprint density at radius 1 is 1.00 bits per heavy atom. The van der Waals surface area contributed by atoms with Gasteiger partial charge in [-0.3, -0.25) is 4.79 Å². The van der Waals surface area contributed by atoms with Gasteiger partial charge in [-0.15, -0.1) is 0 Å². The summed E-state index contributed by atoms with van der Waals surface area (Å²) in [6.45, 7) is 0. The molecular formula is C21H18BrNO3. The summed E-state index contributed by atoms with van der Waals surface area (Å²) in [7, 11) is 3.26. The van der Waals surface area contributed by atoms with E-state index in [9.17, 15) is 4.79 Å². The first-order valence-corrected chi connectivity index (χ1v) is 9.14. The van der Waals surface area contributed by atoms with Crippen LogP contribution in [0.15, 0.2) is 53.0 Å². The van der Waals surface area contributed by atoms with Gasteiger partial charge in [-0.25, -0.2) is 0 Å². The molecule has 0 spiro atoms. The average Bonchev–Trinajstić information content (AvgIpc) is 2.68. The van der Waals surface area contributed by atoms with Crippen molar-refractivity contribution >= 4 is 38.3 Å². The smallest absolute Gasteiger partial charge is 0.225 e. The number of carbonyl (C=O) groups excluding carboxylic acids is 1. The van der Waals surface area contributed by atoms with Crippen molar-refractivity contribution in [3.05, 3.63) is 64.1 Å². The highest BCUT2D eigenvalue weighted by Crippen LogP contribution is 2.46. The Morgan fingerprint density at radius 3 is 2.50 bits per heavy atom. The van der Waals surface area contributed by atoms with Gasteiger partial charge < -0.3 is 14.8 Å². The van der Waals surface area contributed by atoms with Gasteiger partial charge in [0.15, 0.2) is 0 Å². The molecule has 1 N–H and O–H groups in total. The maximum atomic E-state index is 12.5. The molecule has 1 aliphatic rings. The second-order valence-corrected chi connectivity index (χ2v) is 7.14. The van der Waals surface area contributed by atoms with E-state index in [1.165, 1.54) is 0 Å². The van der Waals surface area contributed by atoms with Crippen LogP contribution in [0.2, 0.25) is 0 Å². The van der Waals surface area contributed by atoms with E-state index in [0.717, 1.165) is 43.6 Å². The first kappa shape index (κ1) is 16.9. The largest absolute Gasteiger partial charge is 0.497 e. The molecule has 4 rings (SSSR count). The standard InChI is InChI=1S/C21H18BrNO3/c1-25-12-7-8-14(19(9-12)26-2)16-11-20(24)23-21-15-6-4-3-5-13(15)18(22)10-17(16)21/h3-10,16H,11H2,1-2H3,(H,23,24). The average molecular weight is 412 g/mol. The SMILES string of the molecule is COc1ccc(C2CC(=O)Nc3c2cc(Br)c2ccccc32)c(OC)c1. The van der Waals surface area contributed by atoms with Gasteiger partial charge in [0.1, 0.15) is 11.5 Å². The predicted molar refractivity (Wildman–Crippen MR) is 106 cm³/mol. The molecule has 5 heteroatoms. The minimum absolute atomic E-state index is 0.00727. The summed E-state index contributed by atoms with van der Waals surface area (Å²) < 4.78 is 11.9. The van der Waals surface area contributed by atoms with Crippen molar-refractivity contribution in [2.75, 3.05) is 19.5 Å². The minimum Gasteiger partial charge on any atom is -0.497 e. The molecule has 1 atom stereocenters. The number of hydrogen-bond donors (Lipinski definition) is 1. The van der Waals surface area contributed by atoms with Crippen LogP contribution in [-0.2, 0) is 4.79 Å². The molecule has 0 saturated carbocycles. The second-order valence-electron chi connectivity index (χ2n) is 6.28.